The Morgan fingerprint density at radius 3 is 2.34 bits per heavy atom. The van der Waals surface area contributed by atoms with E-state index in [1.807, 2.05) is 13.8 Å². The number of benzene rings is 3. The highest BCUT2D eigenvalue weighted by atomic mass is 32.2. The number of nitrogens with two attached hydrogens (primary N) is 1. The number of carbonyl (C=O) groups excluding carboxylic acids is 2. The molecule has 0 saturated carbocycles. The van der Waals surface area contributed by atoms with E-state index >= 15 is 0 Å². The predicted molar refractivity (Wildman–Crippen MR) is 175 cm³/mol. The van der Waals surface area contributed by atoms with E-state index in [1.54, 1.807) is 43.3 Å². The minimum atomic E-state index is -3.84. The number of nitrogens with one attached hydrogen (secondary N) is 1. The SMILES string of the molecule is CC[C@H](C)[C@H](N)C(=O)OC[C@@H]1CN(S(C)(=O)=O)c2cc3oc(-c4ccc(Oc5ccc(F)cc5)cc4)c(C(=O)NC)c3cc2[C@H](C)O1. The number of ether oxygens (including phenoxy) is 3. The van der Waals surface area contributed by atoms with E-state index < -0.39 is 40.1 Å². The first-order valence-electron chi connectivity index (χ1n) is 15.2. The number of nitrogens with zero attached hydrogens (tertiary/aromatic N) is 1. The fraction of sp³-hybridized carbons (Fsp3) is 0.353. The molecule has 47 heavy (non-hydrogen) atoms. The first kappa shape index (κ1) is 33.9. The van der Waals surface area contributed by atoms with Crippen LogP contribution in [0.25, 0.3) is 22.3 Å². The van der Waals surface area contributed by atoms with Crippen LogP contribution in [0.5, 0.6) is 11.5 Å². The van der Waals surface area contributed by atoms with E-state index in [-0.39, 0.29) is 41.8 Å². The zero-order valence-corrected chi connectivity index (χ0v) is 27.6. The summed E-state index contributed by atoms with van der Waals surface area (Å²) in [6, 6.07) is 14.9. The Kier molecular flexibility index (Phi) is 9.89. The van der Waals surface area contributed by atoms with Gasteiger partial charge < -0.3 is 29.7 Å². The monoisotopic (exact) mass is 667 g/mol. The summed E-state index contributed by atoms with van der Waals surface area (Å²) in [5.74, 6) is -0.238. The van der Waals surface area contributed by atoms with Crippen LogP contribution in [0, 0.1) is 11.7 Å². The summed E-state index contributed by atoms with van der Waals surface area (Å²) in [6.45, 7) is 5.21. The van der Waals surface area contributed by atoms with Gasteiger partial charge >= 0.3 is 5.97 Å². The first-order valence-corrected chi connectivity index (χ1v) is 17.1. The van der Waals surface area contributed by atoms with E-state index in [0.29, 0.717) is 40.1 Å². The lowest BCUT2D eigenvalue weighted by Gasteiger charge is -2.25. The third-order valence-corrected chi connectivity index (χ3v) is 9.42. The van der Waals surface area contributed by atoms with Gasteiger partial charge in [-0.15, -0.1) is 0 Å². The largest absolute Gasteiger partial charge is 0.462 e. The van der Waals surface area contributed by atoms with E-state index in [9.17, 15) is 22.4 Å². The number of amides is 1. The molecule has 0 aliphatic carbocycles. The Bertz CT molecular complexity index is 1880. The van der Waals surface area contributed by atoms with Crippen molar-refractivity contribution in [1.29, 1.82) is 0 Å². The molecular formula is C34H38FN3O8S. The third kappa shape index (κ3) is 7.27. The molecule has 11 nitrogen and oxygen atoms in total. The van der Waals surface area contributed by atoms with Crippen molar-refractivity contribution in [2.75, 3.05) is 30.8 Å². The number of anilines is 1. The van der Waals surface area contributed by atoms with Crippen LogP contribution in [0.3, 0.4) is 0 Å². The van der Waals surface area contributed by atoms with E-state index in [4.69, 9.17) is 24.4 Å². The lowest BCUT2D eigenvalue weighted by atomic mass is 10.0. The van der Waals surface area contributed by atoms with Crippen molar-refractivity contribution >= 4 is 38.6 Å². The van der Waals surface area contributed by atoms with Crippen molar-refractivity contribution in [3.8, 4) is 22.8 Å². The molecule has 1 aliphatic heterocycles. The van der Waals surface area contributed by atoms with Gasteiger partial charge in [-0.1, -0.05) is 20.3 Å². The van der Waals surface area contributed by atoms with Crippen LogP contribution in [0.1, 0.15) is 49.2 Å². The van der Waals surface area contributed by atoms with Crippen LogP contribution in [0.15, 0.2) is 65.1 Å². The molecule has 2 heterocycles. The van der Waals surface area contributed by atoms with E-state index in [0.717, 1.165) is 6.26 Å². The summed E-state index contributed by atoms with van der Waals surface area (Å²) < 4.78 is 64.4. The summed E-state index contributed by atoms with van der Waals surface area (Å²) in [6.07, 6.45) is 0.337. The lowest BCUT2D eigenvalue weighted by molar-refractivity contribution is -0.151. The number of fused-ring (bicyclic) bond motifs is 2. The molecule has 0 radical (unpaired) electrons. The van der Waals surface area contributed by atoms with Crippen LogP contribution >= 0.6 is 0 Å². The Morgan fingerprint density at radius 2 is 1.74 bits per heavy atom. The number of hydrogen-bond acceptors (Lipinski definition) is 9. The second-order valence-electron chi connectivity index (χ2n) is 11.6. The van der Waals surface area contributed by atoms with Gasteiger partial charge in [0.05, 0.1) is 30.2 Å². The summed E-state index contributed by atoms with van der Waals surface area (Å²) in [5, 5.41) is 3.12. The molecule has 5 rings (SSSR count). The van der Waals surface area contributed by atoms with Gasteiger partial charge in [0.2, 0.25) is 10.0 Å². The van der Waals surface area contributed by atoms with Gasteiger partial charge in [-0.05, 0) is 67.4 Å². The Hall–Kier alpha value is -4.46. The molecule has 250 valence electrons. The summed E-state index contributed by atoms with van der Waals surface area (Å²) in [4.78, 5) is 25.8. The molecule has 0 fully saturated rings. The quantitative estimate of drug-likeness (QED) is 0.208. The van der Waals surface area contributed by atoms with Crippen molar-refractivity contribution in [2.24, 2.45) is 11.7 Å². The van der Waals surface area contributed by atoms with Crippen LogP contribution in [-0.4, -0.2) is 58.9 Å². The normalized spacial score (nSPS) is 17.8. The summed E-state index contributed by atoms with van der Waals surface area (Å²) in [5.41, 5.74) is 7.96. The van der Waals surface area contributed by atoms with Crippen molar-refractivity contribution in [1.82, 2.24) is 5.32 Å². The number of halogens is 1. The van der Waals surface area contributed by atoms with Crippen molar-refractivity contribution in [3.63, 3.8) is 0 Å². The maximum atomic E-state index is 13.3. The van der Waals surface area contributed by atoms with Crippen LogP contribution in [0.4, 0.5) is 10.1 Å². The van der Waals surface area contributed by atoms with Gasteiger partial charge in [0.25, 0.3) is 5.91 Å². The molecule has 4 aromatic rings. The van der Waals surface area contributed by atoms with Crippen LogP contribution in [0.2, 0.25) is 0 Å². The molecule has 3 aromatic carbocycles. The second kappa shape index (κ2) is 13.7. The lowest BCUT2D eigenvalue weighted by Crippen LogP contribution is -2.42. The predicted octanol–water partition coefficient (Wildman–Crippen LogP) is 5.53. The average molecular weight is 668 g/mol. The number of sulfonamides is 1. The van der Waals surface area contributed by atoms with Gasteiger partial charge in [0.15, 0.2) is 0 Å². The number of carbonyl (C=O) groups is 2. The number of esters is 1. The van der Waals surface area contributed by atoms with Crippen LogP contribution in [-0.2, 0) is 24.3 Å². The molecule has 3 N–H and O–H groups in total. The molecule has 1 aliphatic rings. The highest BCUT2D eigenvalue weighted by Gasteiger charge is 2.35. The molecule has 0 unspecified atom stereocenters. The highest BCUT2D eigenvalue weighted by molar-refractivity contribution is 7.92. The van der Waals surface area contributed by atoms with E-state index in [1.165, 1.54) is 35.6 Å². The maximum Gasteiger partial charge on any atom is 0.323 e. The summed E-state index contributed by atoms with van der Waals surface area (Å²) in [7, 11) is -2.33. The van der Waals surface area contributed by atoms with Crippen LogP contribution < -0.4 is 20.1 Å². The topological polar surface area (TPSA) is 150 Å². The highest BCUT2D eigenvalue weighted by Crippen LogP contribution is 2.42. The Labute approximate surface area is 272 Å². The molecule has 0 saturated heterocycles. The van der Waals surface area contributed by atoms with Gasteiger partial charge in [-0.3, -0.25) is 13.9 Å². The molecule has 13 heteroatoms. The molecular weight excluding hydrogens is 629 g/mol. The van der Waals surface area contributed by atoms with E-state index in [2.05, 4.69) is 5.32 Å². The smallest absolute Gasteiger partial charge is 0.323 e. The molecule has 0 bridgehead atoms. The second-order valence-corrected chi connectivity index (χ2v) is 13.5. The van der Waals surface area contributed by atoms with Gasteiger partial charge in [0.1, 0.15) is 47.4 Å². The fourth-order valence-electron chi connectivity index (χ4n) is 5.41. The Balaban J connectivity index is 1.50. The molecule has 0 spiro atoms. The number of rotatable bonds is 10. The molecule has 1 amide bonds. The minimum Gasteiger partial charge on any atom is -0.462 e. The third-order valence-electron chi connectivity index (χ3n) is 8.27. The maximum absolute atomic E-state index is 13.3. The number of hydrogen-bond donors (Lipinski definition) is 2. The average Bonchev–Trinajstić information content (AvgIpc) is 3.36. The van der Waals surface area contributed by atoms with Gasteiger partial charge in [-0.25, -0.2) is 12.8 Å². The molecule has 4 atom stereocenters. The number of furan rings is 1. The van der Waals surface area contributed by atoms with Crippen molar-refractivity contribution in [2.45, 2.75) is 45.4 Å². The van der Waals surface area contributed by atoms with Gasteiger partial charge in [-0.2, -0.15) is 0 Å². The molecule has 1 aromatic heterocycles. The zero-order valence-electron chi connectivity index (χ0n) is 26.8. The van der Waals surface area contributed by atoms with Crippen molar-refractivity contribution in [3.05, 3.63) is 77.6 Å². The van der Waals surface area contributed by atoms with Gasteiger partial charge in [0, 0.05) is 29.6 Å². The summed E-state index contributed by atoms with van der Waals surface area (Å²) >= 11 is 0. The Morgan fingerprint density at radius 1 is 1.11 bits per heavy atom. The van der Waals surface area contributed by atoms with Crippen molar-refractivity contribution < 1.29 is 41.0 Å². The minimum absolute atomic E-state index is 0.0872. The fourth-order valence-corrected chi connectivity index (χ4v) is 6.36. The first-order chi connectivity index (χ1) is 22.3. The standard InChI is InChI=1S/C34H38FN3O8S/c1-6-19(2)31(36)34(40)43-18-25-17-38(47(5,41)42)28-16-29-27(15-26(28)20(3)44-25)30(33(39)37-4)32(46-29)21-7-11-23(12-8-21)45-24-13-9-22(35)10-14-24/h7-16,19-20,25,31H,6,17-18,36H2,1-5H3,(H,37,39)/t19-,20-,25-,31-/m0/s1. The zero-order chi connectivity index (χ0) is 34.0.